The Kier molecular flexibility index (Phi) is 2.49. The van der Waals surface area contributed by atoms with Crippen molar-refractivity contribution in [1.29, 1.82) is 0 Å². The van der Waals surface area contributed by atoms with Crippen molar-refractivity contribution in [2.24, 2.45) is 7.05 Å². The third-order valence-corrected chi connectivity index (χ3v) is 1.76. The third kappa shape index (κ3) is 2.22. The van der Waals surface area contributed by atoms with Gasteiger partial charge in [-0.05, 0) is 0 Å². The molecule has 0 unspecified atom stereocenters. The Morgan fingerprint density at radius 3 is 3.00 bits per heavy atom. The highest BCUT2D eigenvalue weighted by molar-refractivity contribution is 5.28. The summed E-state index contributed by atoms with van der Waals surface area (Å²) in [5.41, 5.74) is 0. The van der Waals surface area contributed by atoms with Crippen molar-refractivity contribution in [3.8, 4) is 11.6 Å². The topological polar surface area (TPSA) is 64.9 Å². The van der Waals surface area contributed by atoms with Crippen LogP contribution in [0.3, 0.4) is 0 Å². The number of anilines is 1. The minimum atomic E-state index is 0.488. The summed E-state index contributed by atoms with van der Waals surface area (Å²) in [5, 5.41) is 6.82. The van der Waals surface area contributed by atoms with Crippen LogP contribution in [0.5, 0.6) is 11.6 Å². The Hall–Kier alpha value is -2.11. The number of nitrogens with one attached hydrogen (secondary N) is 1. The van der Waals surface area contributed by atoms with Gasteiger partial charge < -0.3 is 10.1 Å². The van der Waals surface area contributed by atoms with Gasteiger partial charge in [0.25, 0.3) is 0 Å². The molecule has 0 fully saturated rings. The molecular weight excluding hydrogens is 194 g/mol. The molecule has 0 bridgehead atoms. The second kappa shape index (κ2) is 3.95. The lowest BCUT2D eigenvalue weighted by Gasteiger charge is -2.02. The van der Waals surface area contributed by atoms with Crippen LogP contribution in [0.25, 0.3) is 0 Å². The van der Waals surface area contributed by atoms with Crippen molar-refractivity contribution in [3.63, 3.8) is 0 Å². The average molecular weight is 205 g/mol. The Balaban J connectivity index is 2.16. The van der Waals surface area contributed by atoms with Gasteiger partial charge in [-0.25, -0.2) is 4.98 Å². The molecule has 78 valence electrons. The van der Waals surface area contributed by atoms with Crippen LogP contribution >= 0.6 is 0 Å². The number of hydrogen-bond donors (Lipinski definition) is 1. The largest absolute Gasteiger partial charge is 0.436 e. The molecule has 2 aromatic heterocycles. The fourth-order valence-electron chi connectivity index (χ4n) is 1.09. The highest BCUT2D eigenvalue weighted by Crippen LogP contribution is 2.18. The molecule has 0 radical (unpaired) electrons. The number of nitrogens with zero attached hydrogens (tertiary/aromatic N) is 4. The predicted octanol–water partition coefficient (Wildman–Crippen LogP) is 1.04. The molecule has 0 amide bonds. The summed E-state index contributed by atoms with van der Waals surface area (Å²) >= 11 is 0. The van der Waals surface area contributed by atoms with Gasteiger partial charge in [-0.2, -0.15) is 10.1 Å². The van der Waals surface area contributed by atoms with Crippen LogP contribution < -0.4 is 10.1 Å². The number of aryl methyl sites for hydroxylation is 1. The molecule has 15 heavy (non-hydrogen) atoms. The van der Waals surface area contributed by atoms with E-state index in [-0.39, 0.29) is 0 Å². The van der Waals surface area contributed by atoms with Crippen LogP contribution in [0.2, 0.25) is 0 Å². The van der Waals surface area contributed by atoms with E-state index in [0.29, 0.717) is 17.6 Å². The van der Waals surface area contributed by atoms with Crippen molar-refractivity contribution >= 4 is 5.95 Å². The maximum atomic E-state index is 5.47. The molecule has 2 rings (SSSR count). The number of hydrogen-bond acceptors (Lipinski definition) is 5. The first-order valence-electron chi connectivity index (χ1n) is 4.45. The average Bonchev–Trinajstić information content (AvgIpc) is 2.64. The zero-order valence-corrected chi connectivity index (χ0v) is 8.51. The molecule has 6 heteroatoms. The van der Waals surface area contributed by atoms with Gasteiger partial charge in [0.1, 0.15) is 0 Å². The van der Waals surface area contributed by atoms with E-state index in [1.165, 1.54) is 0 Å². The smallest absolute Gasteiger partial charge is 0.225 e. The van der Waals surface area contributed by atoms with Crippen LogP contribution in [0.4, 0.5) is 5.95 Å². The van der Waals surface area contributed by atoms with Gasteiger partial charge in [0, 0.05) is 26.4 Å². The van der Waals surface area contributed by atoms with Crippen LogP contribution in [0.15, 0.2) is 24.7 Å². The zero-order valence-electron chi connectivity index (χ0n) is 8.51. The Bertz CT molecular complexity index is 453. The lowest BCUT2D eigenvalue weighted by Crippen LogP contribution is -1.96. The molecule has 0 spiro atoms. The summed E-state index contributed by atoms with van der Waals surface area (Å²) < 4.78 is 7.13. The first-order chi connectivity index (χ1) is 7.28. The van der Waals surface area contributed by atoms with Crippen molar-refractivity contribution < 1.29 is 4.74 Å². The fourth-order valence-corrected chi connectivity index (χ4v) is 1.09. The van der Waals surface area contributed by atoms with Gasteiger partial charge in [-0.3, -0.25) is 4.68 Å². The van der Waals surface area contributed by atoms with Crippen molar-refractivity contribution in [2.45, 2.75) is 0 Å². The summed E-state index contributed by atoms with van der Waals surface area (Å²) in [6.45, 7) is 0. The second-order valence-corrected chi connectivity index (χ2v) is 2.92. The monoisotopic (exact) mass is 205 g/mol. The van der Waals surface area contributed by atoms with E-state index in [0.717, 1.165) is 0 Å². The molecule has 0 saturated heterocycles. The standard InChI is InChI=1S/C9H11N5O/c1-10-9-11-4-3-8(13-9)15-7-5-12-14(2)6-7/h3-6H,1-2H3,(H,10,11,13). The van der Waals surface area contributed by atoms with E-state index in [9.17, 15) is 0 Å². The van der Waals surface area contributed by atoms with E-state index < -0.39 is 0 Å². The van der Waals surface area contributed by atoms with Gasteiger partial charge in [0.15, 0.2) is 5.75 Å². The molecule has 6 nitrogen and oxygen atoms in total. The third-order valence-electron chi connectivity index (χ3n) is 1.76. The van der Waals surface area contributed by atoms with Gasteiger partial charge in [0.05, 0.1) is 12.4 Å². The van der Waals surface area contributed by atoms with E-state index in [4.69, 9.17) is 4.74 Å². The molecule has 0 atom stereocenters. The molecule has 0 aromatic carbocycles. The SMILES string of the molecule is CNc1nccc(Oc2cnn(C)c2)n1. The summed E-state index contributed by atoms with van der Waals surface area (Å²) in [4.78, 5) is 8.10. The maximum absolute atomic E-state index is 5.47. The molecule has 2 aromatic rings. The van der Waals surface area contributed by atoms with Crippen LogP contribution in [-0.2, 0) is 7.05 Å². The van der Waals surface area contributed by atoms with E-state index in [1.807, 2.05) is 7.05 Å². The molecule has 1 N–H and O–H groups in total. The summed E-state index contributed by atoms with van der Waals surface area (Å²) in [6, 6.07) is 1.69. The quantitative estimate of drug-likeness (QED) is 0.811. The summed E-state index contributed by atoms with van der Waals surface area (Å²) in [6.07, 6.45) is 5.02. The van der Waals surface area contributed by atoms with E-state index in [1.54, 1.807) is 36.4 Å². The first-order valence-corrected chi connectivity index (χ1v) is 4.45. The van der Waals surface area contributed by atoms with Crippen molar-refractivity contribution in [2.75, 3.05) is 12.4 Å². The van der Waals surface area contributed by atoms with Crippen LogP contribution in [0, 0.1) is 0 Å². The van der Waals surface area contributed by atoms with Crippen molar-refractivity contribution in [3.05, 3.63) is 24.7 Å². The lowest BCUT2D eigenvalue weighted by molar-refractivity contribution is 0.462. The maximum Gasteiger partial charge on any atom is 0.225 e. The molecule has 0 aliphatic heterocycles. The molecule has 0 aliphatic carbocycles. The minimum Gasteiger partial charge on any atom is -0.436 e. The van der Waals surface area contributed by atoms with Gasteiger partial charge in [-0.15, -0.1) is 0 Å². The van der Waals surface area contributed by atoms with Gasteiger partial charge in [-0.1, -0.05) is 0 Å². The van der Waals surface area contributed by atoms with Gasteiger partial charge in [0.2, 0.25) is 11.8 Å². The number of rotatable bonds is 3. The Labute approximate surface area is 86.9 Å². The van der Waals surface area contributed by atoms with Crippen LogP contribution in [0.1, 0.15) is 0 Å². The highest BCUT2D eigenvalue weighted by Gasteiger charge is 2.01. The summed E-state index contributed by atoms with van der Waals surface area (Å²) in [5.74, 6) is 1.66. The zero-order chi connectivity index (χ0) is 10.7. The molecule has 2 heterocycles. The van der Waals surface area contributed by atoms with Crippen LogP contribution in [-0.4, -0.2) is 26.8 Å². The molecule has 0 aliphatic rings. The molecule has 0 saturated carbocycles. The van der Waals surface area contributed by atoms with Gasteiger partial charge >= 0.3 is 0 Å². The normalized spacial score (nSPS) is 10.0. The predicted molar refractivity (Wildman–Crippen MR) is 54.9 cm³/mol. The van der Waals surface area contributed by atoms with Crippen molar-refractivity contribution in [1.82, 2.24) is 19.7 Å². The van der Waals surface area contributed by atoms with E-state index in [2.05, 4.69) is 20.4 Å². The Morgan fingerprint density at radius 2 is 2.33 bits per heavy atom. The Morgan fingerprint density at radius 1 is 1.47 bits per heavy atom. The molecular formula is C9H11N5O. The lowest BCUT2D eigenvalue weighted by atomic mass is 10.6. The second-order valence-electron chi connectivity index (χ2n) is 2.92. The number of ether oxygens (including phenoxy) is 1. The minimum absolute atomic E-state index is 0.488. The fraction of sp³-hybridized carbons (Fsp3) is 0.222. The summed E-state index contributed by atoms with van der Waals surface area (Å²) in [7, 11) is 3.58. The van der Waals surface area contributed by atoms with E-state index >= 15 is 0 Å². The first kappa shape index (κ1) is 9.45. The number of aromatic nitrogens is 4. The highest BCUT2D eigenvalue weighted by atomic mass is 16.5.